The van der Waals surface area contributed by atoms with Crippen LogP contribution >= 0.6 is 0 Å². The Morgan fingerprint density at radius 1 is 1.25 bits per heavy atom. The summed E-state index contributed by atoms with van der Waals surface area (Å²) in [5, 5.41) is 3.68. The molecular weight excluding hydrogens is 250 g/mol. The van der Waals surface area contributed by atoms with Crippen molar-refractivity contribution in [2.75, 3.05) is 12.4 Å². The minimum Gasteiger partial charge on any atom is -0.465 e. The van der Waals surface area contributed by atoms with E-state index >= 15 is 0 Å². The number of benzene rings is 1. The zero-order chi connectivity index (χ0) is 14.7. The first-order valence-corrected chi connectivity index (χ1v) is 7.48. The van der Waals surface area contributed by atoms with E-state index in [9.17, 15) is 4.79 Å². The fourth-order valence-corrected chi connectivity index (χ4v) is 3.22. The Morgan fingerprint density at radius 2 is 1.90 bits per heavy atom. The first kappa shape index (κ1) is 14.9. The maximum absolute atomic E-state index is 11.5. The lowest BCUT2D eigenvalue weighted by Gasteiger charge is -2.36. The highest BCUT2D eigenvalue weighted by Crippen LogP contribution is 2.32. The zero-order valence-corrected chi connectivity index (χ0v) is 12.9. The van der Waals surface area contributed by atoms with Gasteiger partial charge in [-0.2, -0.15) is 0 Å². The summed E-state index contributed by atoms with van der Waals surface area (Å²) in [5.74, 6) is 1.11. The average Bonchev–Trinajstić information content (AvgIpc) is 2.43. The van der Waals surface area contributed by atoms with Crippen LogP contribution in [0.25, 0.3) is 0 Å². The molecule has 1 aliphatic carbocycles. The van der Waals surface area contributed by atoms with E-state index in [4.69, 9.17) is 4.74 Å². The molecule has 2 atom stereocenters. The minimum atomic E-state index is -0.279. The summed E-state index contributed by atoms with van der Waals surface area (Å²) in [7, 11) is 1.41. The molecule has 0 aromatic heterocycles. The predicted molar refractivity (Wildman–Crippen MR) is 82.1 cm³/mol. The van der Waals surface area contributed by atoms with Gasteiger partial charge in [0.1, 0.15) is 0 Å². The van der Waals surface area contributed by atoms with Gasteiger partial charge in [0, 0.05) is 11.7 Å². The number of aryl methyl sites for hydroxylation is 1. The molecule has 1 aromatic carbocycles. The fourth-order valence-electron chi connectivity index (χ4n) is 3.22. The molecule has 0 saturated heterocycles. The van der Waals surface area contributed by atoms with Crippen molar-refractivity contribution in [3.63, 3.8) is 0 Å². The molecule has 2 rings (SSSR count). The van der Waals surface area contributed by atoms with Crippen molar-refractivity contribution < 1.29 is 9.53 Å². The van der Waals surface area contributed by atoms with E-state index in [1.165, 1.54) is 26.4 Å². The van der Waals surface area contributed by atoms with Crippen LogP contribution in [0.4, 0.5) is 5.69 Å². The number of rotatable bonds is 3. The van der Waals surface area contributed by atoms with Crippen molar-refractivity contribution in [3.05, 3.63) is 29.3 Å². The van der Waals surface area contributed by atoms with E-state index in [2.05, 4.69) is 19.2 Å². The van der Waals surface area contributed by atoms with Gasteiger partial charge >= 0.3 is 5.97 Å². The topological polar surface area (TPSA) is 38.3 Å². The third kappa shape index (κ3) is 3.14. The number of nitrogens with one attached hydrogen (secondary N) is 1. The molecule has 3 heteroatoms. The van der Waals surface area contributed by atoms with Gasteiger partial charge in [0.25, 0.3) is 0 Å². The van der Waals surface area contributed by atoms with Crippen LogP contribution in [0.15, 0.2) is 18.2 Å². The number of methoxy groups -OCH3 is 1. The highest BCUT2D eigenvalue weighted by Gasteiger charge is 2.27. The summed E-state index contributed by atoms with van der Waals surface area (Å²) in [6.07, 6.45) is 3.92. The molecule has 1 saturated carbocycles. The highest BCUT2D eigenvalue weighted by molar-refractivity contribution is 5.90. The van der Waals surface area contributed by atoms with E-state index in [0.717, 1.165) is 11.3 Å². The summed E-state index contributed by atoms with van der Waals surface area (Å²) < 4.78 is 4.76. The zero-order valence-electron chi connectivity index (χ0n) is 12.9. The number of carbonyl (C=O) groups excluding carboxylic acids is 1. The molecule has 0 bridgehead atoms. The van der Waals surface area contributed by atoms with Gasteiger partial charge in [-0.15, -0.1) is 0 Å². The molecular formula is C17H25NO2. The lowest BCUT2D eigenvalue weighted by Crippen LogP contribution is -2.37. The predicted octanol–water partition coefficient (Wildman–Crippen LogP) is 4.02. The van der Waals surface area contributed by atoms with Crippen molar-refractivity contribution in [3.8, 4) is 0 Å². The summed E-state index contributed by atoms with van der Waals surface area (Å²) in [6.45, 7) is 6.68. The first-order chi connectivity index (χ1) is 9.52. The van der Waals surface area contributed by atoms with Crippen LogP contribution in [-0.4, -0.2) is 19.1 Å². The molecule has 0 radical (unpaired) electrons. The smallest absolute Gasteiger partial charge is 0.337 e. The van der Waals surface area contributed by atoms with Gasteiger partial charge in [-0.1, -0.05) is 20.3 Å². The van der Waals surface area contributed by atoms with Crippen LogP contribution in [-0.2, 0) is 4.74 Å². The second-order valence-corrected chi connectivity index (χ2v) is 6.08. The maximum Gasteiger partial charge on any atom is 0.337 e. The minimum absolute atomic E-state index is 0.279. The van der Waals surface area contributed by atoms with E-state index in [1.807, 2.05) is 25.1 Å². The normalized spacial score (nSPS) is 26.1. The Bertz CT molecular complexity index is 474. The van der Waals surface area contributed by atoms with Crippen molar-refractivity contribution in [1.82, 2.24) is 0 Å². The Labute approximate surface area is 121 Å². The summed E-state index contributed by atoms with van der Waals surface area (Å²) in [4.78, 5) is 11.5. The Balaban J connectivity index is 2.15. The Hall–Kier alpha value is -1.51. The van der Waals surface area contributed by atoms with E-state index < -0.39 is 0 Å². The van der Waals surface area contributed by atoms with Gasteiger partial charge in [-0.05, 0) is 55.4 Å². The molecule has 110 valence electrons. The van der Waals surface area contributed by atoms with Gasteiger partial charge in [0.15, 0.2) is 0 Å². The molecule has 1 fully saturated rings. The third-order valence-corrected chi connectivity index (χ3v) is 4.51. The van der Waals surface area contributed by atoms with Crippen molar-refractivity contribution in [2.45, 2.75) is 46.1 Å². The number of ether oxygens (including phenoxy) is 1. The monoisotopic (exact) mass is 275 g/mol. The van der Waals surface area contributed by atoms with Crippen LogP contribution in [0.3, 0.4) is 0 Å². The molecule has 20 heavy (non-hydrogen) atoms. The molecule has 0 spiro atoms. The largest absolute Gasteiger partial charge is 0.465 e. The van der Waals surface area contributed by atoms with E-state index in [-0.39, 0.29) is 5.97 Å². The lowest BCUT2D eigenvalue weighted by atomic mass is 9.78. The van der Waals surface area contributed by atoms with Crippen LogP contribution in [0, 0.1) is 18.8 Å². The molecule has 0 heterocycles. The number of hydrogen-bond donors (Lipinski definition) is 1. The number of anilines is 1. The molecule has 1 aliphatic rings. The maximum atomic E-state index is 11.5. The fraction of sp³-hybridized carbons (Fsp3) is 0.588. The van der Waals surface area contributed by atoms with Gasteiger partial charge in [-0.25, -0.2) is 4.79 Å². The molecule has 1 aromatic rings. The summed E-state index contributed by atoms with van der Waals surface area (Å²) in [5.41, 5.74) is 2.83. The van der Waals surface area contributed by atoms with Crippen LogP contribution < -0.4 is 5.32 Å². The second-order valence-electron chi connectivity index (χ2n) is 6.08. The molecule has 1 N–H and O–H groups in total. The first-order valence-electron chi connectivity index (χ1n) is 7.48. The number of hydrogen-bond acceptors (Lipinski definition) is 3. The second kappa shape index (κ2) is 6.29. The van der Waals surface area contributed by atoms with Crippen molar-refractivity contribution in [1.29, 1.82) is 0 Å². The standard InChI is InChI=1S/C17H25NO2/c1-11-6-5-7-12(2)16(11)18-15-9-8-14(10-13(15)3)17(19)20-4/h8-12,16,18H,5-7H2,1-4H3. The SMILES string of the molecule is COC(=O)c1ccc(NC2C(C)CCCC2C)c(C)c1. The quantitative estimate of drug-likeness (QED) is 0.847. The van der Waals surface area contributed by atoms with Crippen LogP contribution in [0.5, 0.6) is 0 Å². The van der Waals surface area contributed by atoms with E-state index in [1.54, 1.807) is 0 Å². The van der Waals surface area contributed by atoms with Crippen molar-refractivity contribution >= 4 is 11.7 Å². The molecule has 3 nitrogen and oxygen atoms in total. The van der Waals surface area contributed by atoms with Gasteiger partial charge < -0.3 is 10.1 Å². The summed E-state index contributed by atoms with van der Waals surface area (Å²) >= 11 is 0. The van der Waals surface area contributed by atoms with Gasteiger partial charge in [0.05, 0.1) is 12.7 Å². The van der Waals surface area contributed by atoms with E-state index in [0.29, 0.717) is 23.4 Å². The highest BCUT2D eigenvalue weighted by atomic mass is 16.5. The average molecular weight is 275 g/mol. The lowest BCUT2D eigenvalue weighted by molar-refractivity contribution is 0.0600. The molecule has 0 amide bonds. The van der Waals surface area contributed by atoms with Gasteiger partial charge in [-0.3, -0.25) is 0 Å². The van der Waals surface area contributed by atoms with Gasteiger partial charge in [0.2, 0.25) is 0 Å². The Morgan fingerprint density at radius 3 is 2.45 bits per heavy atom. The summed E-state index contributed by atoms with van der Waals surface area (Å²) in [6, 6.07) is 6.24. The van der Waals surface area contributed by atoms with Crippen LogP contribution in [0.2, 0.25) is 0 Å². The van der Waals surface area contributed by atoms with Crippen LogP contribution in [0.1, 0.15) is 49.0 Å². The van der Waals surface area contributed by atoms with Crippen molar-refractivity contribution in [2.24, 2.45) is 11.8 Å². The Kier molecular flexibility index (Phi) is 4.69. The third-order valence-electron chi connectivity index (χ3n) is 4.51. The molecule has 0 aliphatic heterocycles. The number of esters is 1. The molecule has 2 unspecified atom stereocenters. The number of carbonyl (C=O) groups is 1.